The van der Waals surface area contributed by atoms with E-state index in [-0.39, 0.29) is 11.7 Å². The molecule has 0 aromatic carbocycles. The molecule has 0 heterocycles. The normalized spacial score (nSPS) is 21.7. The highest BCUT2D eigenvalue weighted by molar-refractivity contribution is 5.92. The highest BCUT2D eigenvalue weighted by Crippen LogP contribution is 2.26. The molecule has 0 spiro atoms. The van der Waals surface area contributed by atoms with Gasteiger partial charge in [0.1, 0.15) is 0 Å². The lowest BCUT2D eigenvalue weighted by Gasteiger charge is -2.21. The summed E-state index contributed by atoms with van der Waals surface area (Å²) in [6, 6.07) is 0. The molecule has 1 aliphatic rings. The van der Waals surface area contributed by atoms with Gasteiger partial charge in [0, 0.05) is 18.4 Å². The van der Waals surface area contributed by atoms with Crippen molar-refractivity contribution in [2.75, 3.05) is 6.61 Å². The molecule has 86 valence electrons. The van der Waals surface area contributed by atoms with Crippen LogP contribution in [0.2, 0.25) is 0 Å². The van der Waals surface area contributed by atoms with Crippen LogP contribution in [0.5, 0.6) is 0 Å². The maximum atomic E-state index is 11.7. The fourth-order valence-corrected chi connectivity index (χ4v) is 1.93. The van der Waals surface area contributed by atoms with Crippen molar-refractivity contribution in [3.05, 3.63) is 11.8 Å². The Hall–Kier alpha value is -0.790. The molecule has 0 fully saturated rings. The molecule has 0 amide bonds. The van der Waals surface area contributed by atoms with Crippen LogP contribution in [0.1, 0.15) is 46.5 Å². The summed E-state index contributed by atoms with van der Waals surface area (Å²) in [5.74, 6) is 2.08. The van der Waals surface area contributed by atoms with Gasteiger partial charge in [0.2, 0.25) is 0 Å². The van der Waals surface area contributed by atoms with E-state index in [0.29, 0.717) is 12.5 Å². The summed E-state index contributed by atoms with van der Waals surface area (Å²) in [5.41, 5.74) is 0. The summed E-state index contributed by atoms with van der Waals surface area (Å²) in [6.07, 6.45) is 5.79. The molecule has 0 N–H and O–H groups in total. The van der Waals surface area contributed by atoms with Crippen molar-refractivity contribution in [3.63, 3.8) is 0 Å². The Bertz CT molecular complexity index is 241. The van der Waals surface area contributed by atoms with Crippen LogP contribution < -0.4 is 0 Å². The smallest absolute Gasteiger partial charge is 0.162 e. The Kier molecular flexibility index (Phi) is 4.86. The van der Waals surface area contributed by atoms with Crippen LogP contribution in [-0.2, 0) is 9.53 Å². The van der Waals surface area contributed by atoms with Crippen molar-refractivity contribution in [1.29, 1.82) is 0 Å². The number of carbonyl (C=O) groups is 1. The van der Waals surface area contributed by atoms with Gasteiger partial charge in [-0.05, 0) is 25.7 Å². The third kappa shape index (κ3) is 4.06. The number of hydrogen-bond donors (Lipinski definition) is 0. The summed E-state index contributed by atoms with van der Waals surface area (Å²) >= 11 is 0. The first-order valence-electron chi connectivity index (χ1n) is 6.00. The van der Waals surface area contributed by atoms with E-state index >= 15 is 0 Å². The second-order valence-corrected chi connectivity index (χ2v) is 4.65. The summed E-state index contributed by atoms with van der Waals surface area (Å²) in [4.78, 5) is 11.7. The quantitative estimate of drug-likeness (QED) is 0.695. The van der Waals surface area contributed by atoms with Crippen LogP contribution in [-0.4, -0.2) is 12.4 Å². The Morgan fingerprint density at radius 3 is 2.80 bits per heavy atom. The van der Waals surface area contributed by atoms with E-state index in [0.717, 1.165) is 31.4 Å². The van der Waals surface area contributed by atoms with Gasteiger partial charge in [-0.3, -0.25) is 4.79 Å². The van der Waals surface area contributed by atoms with E-state index in [1.54, 1.807) is 6.08 Å². The van der Waals surface area contributed by atoms with Gasteiger partial charge in [-0.1, -0.05) is 20.3 Å². The van der Waals surface area contributed by atoms with E-state index < -0.39 is 0 Å². The van der Waals surface area contributed by atoms with Gasteiger partial charge in [0.25, 0.3) is 0 Å². The minimum absolute atomic E-state index is 0.247. The fraction of sp³-hybridized carbons (Fsp3) is 0.769. The van der Waals surface area contributed by atoms with Crippen molar-refractivity contribution < 1.29 is 9.53 Å². The predicted octanol–water partition coefficient (Wildman–Crippen LogP) is 3.32. The van der Waals surface area contributed by atoms with Gasteiger partial charge in [0.05, 0.1) is 12.4 Å². The van der Waals surface area contributed by atoms with Crippen LogP contribution in [0.4, 0.5) is 0 Å². The Labute approximate surface area is 92.7 Å². The molecule has 1 rings (SSSR count). The van der Waals surface area contributed by atoms with Crippen molar-refractivity contribution in [2.45, 2.75) is 46.5 Å². The number of ketones is 1. The minimum Gasteiger partial charge on any atom is -0.498 e. The van der Waals surface area contributed by atoms with Crippen LogP contribution in [0, 0.1) is 11.8 Å². The lowest BCUT2D eigenvalue weighted by atomic mass is 9.86. The lowest BCUT2D eigenvalue weighted by molar-refractivity contribution is -0.119. The molecule has 0 saturated carbocycles. The monoisotopic (exact) mass is 210 g/mol. The van der Waals surface area contributed by atoms with Gasteiger partial charge >= 0.3 is 0 Å². The van der Waals surface area contributed by atoms with E-state index in [4.69, 9.17) is 4.74 Å². The molecule has 0 bridgehead atoms. The van der Waals surface area contributed by atoms with Gasteiger partial charge in [-0.25, -0.2) is 0 Å². The number of rotatable bonds is 5. The maximum absolute atomic E-state index is 11.7. The molecular weight excluding hydrogens is 188 g/mol. The van der Waals surface area contributed by atoms with Crippen LogP contribution in [0.15, 0.2) is 11.8 Å². The third-order valence-electron chi connectivity index (χ3n) is 2.87. The molecule has 0 radical (unpaired) electrons. The number of hydrogen-bond acceptors (Lipinski definition) is 2. The average molecular weight is 210 g/mol. The van der Waals surface area contributed by atoms with Gasteiger partial charge in [-0.2, -0.15) is 0 Å². The van der Waals surface area contributed by atoms with Crippen LogP contribution in [0.25, 0.3) is 0 Å². The van der Waals surface area contributed by atoms with E-state index in [9.17, 15) is 4.79 Å². The maximum Gasteiger partial charge on any atom is 0.162 e. The number of carbonyl (C=O) groups excluding carboxylic acids is 1. The Morgan fingerprint density at radius 1 is 1.53 bits per heavy atom. The summed E-state index contributed by atoms with van der Waals surface area (Å²) in [7, 11) is 0. The summed E-state index contributed by atoms with van der Waals surface area (Å²) in [5, 5.41) is 0. The van der Waals surface area contributed by atoms with E-state index in [1.165, 1.54) is 0 Å². The van der Waals surface area contributed by atoms with E-state index in [1.807, 2.05) is 6.92 Å². The molecule has 2 nitrogen and oxygen atoms in total. The molecule has 1 aliphatic carbocycles. The van der Waals surface area contributed by atoms with Crippen LogP contribution in [0.3, 0.4) is 0 Å². The van der Waals surface area contributed by atoms with E-state index in [2.05, 4.69) is 13.8 Å². The Morgan fingerprint density at radius 2 is 2.27 bits per heavy atom. The highest BCUT2D eigenvalue weighted by Gasteiger charge is 2.22. The van der Waals surface area contributed by atoms with Crippen molar-refractivity contribution in [3.8, 4) is 0 Å². The Balaban J connectivity index is 2.42. The molecule has 0 aromatic rings. The first-order valence-corrected chi connectivity index (χ1v) is 6.00. The van der Waals surface area contributed by atoms with Crippen molar-refractivity contribution in [1.82, 2.24) is 0 Å². The fourth-order valence-electron chi connectivity index (χ4n) is 1.93. The van der Waals surface area contributed by atoms with Crippen molar-refractivity contribution >= 4 is 5.78 Å². The second-order valence-electron chi connectivity index (χ2n) is 4.65. The lowest BCUT2D eigenvalue weighted by Crippen LogP contribution is -2.18. The van der Waals surface area contributed by atoms with Crippen LogP contribution >= 0.6 is 0 Å². The van der Waals surface area contributed by atoms with Gasteiger partial charge in [-0.15, -0.1) is 0 Å². The van der Waals surface area contributed by atoms with Gasteiger partial charge in [0.15, 0.2) is 5.78 Å². The summed E-state index contributed by atoms with van der Waals surface area (Å²) in [6.45, 7) is 7.02. The number of ether oxygens (including phenoxy) is 1. The molecule has 0 saturated heterocycles. The molecular formula is C13H22O2. The largest absolute Gasteiger partial charge is 0.498 e. The molecule has 1 unspecified atom stereocenters. The highest BCUT2D eigenvalue weighted by atomic mass is 16.5. The third-order valence-corrected chi connectivity index (χ3v) is 2.87. The van der Waals surface area contributed by atoms with Gasteiger partial charge < -0.3 is 4.74 Å². The molecule has 0 aromatic heterocycles. The number of allylic oxidation sites excluding steroid dienone is 2. The first kappa shape index (κ1) is 12.3. The summed E-state index contributed by atoms with van der Waals surface area (Å²) < 4.78 is 5.37. The second kappa shape index (κ2) is 5.94. The molecule has 2 heteroatoms. The zero-order chi connectivity index (χ0) is 11.3. The average Bonchev–Trinajstić information content (AvgIpc) is 2.17. The molecule has 1 atom stereocenters. The first-order chi connectivity index (χ1) is 7.13. The molecule has 15 heavy (non-hydrogen) atoms. The standard InChI is InChI=1S/C13H22O2/c1-4-15-12-8-7-11(13(14)9-12)6-5-10(2)3/h9-11H,4-8H2,1-3H3. The van der Waals surface area contributed by atoms with Crippen molar-refractivity contribution in [2.24, 2.45) is 11.8 Å². The predicted molar refractivity (Wildman–Crippen MR) is 61.5 cm³/mol. The topological polar surface area (TPSA) is 26.3 Å². The SMILES string of the molecule is CCOC1=CC(=O)C(CCC(C)C)CC1. The minimum atomic E-state index is 0.247. The zero-order valence-corrected chi connectivity index (χ0v) is 10.1. The molecule has 0 aliphatic heterocycles. The zero-order valence-electron chi connectivity index (χ0n) is 10.1.